The Morgan fingerprint density at radius 2 is 2.03 bits per heavy atom. The van der Waals surface area contributed by atoms with Crippen LogP contribution in [0.2, 0.25) is 5.02 Å². The van der Waals surface area contributed by atoms with E-state index in [4.69, 9.17) is 21.8 Å². The van der Waals surface area contributed by atoms with Crippen LogP contribution in [0.15, 0.2) is 47.2 Å². The van der Waals surface area contributed by atoms with E-state index in [-0.39, 0.29) is 5.95 Å². The number of rotatable bonds is 4. The Morgan fingerprint density at radius 3 is 2.90 bits per heavy atom. The van der Waals surface area contributed by atoms with E-state index in [0.717, 1.165) is 36.5 Å². The molecule has 0 amide bonds. The average Bonchev–Trinajstić information content (AvgIpc) is 3.51. The Hall–Kier alpha value is -3.43. The standard InChI is InChI=1S/C21H19ClN8O/c22-16-4-1-3-13-12-28(7-6-14(13)16)8-9-29-19-15(11-24-29)20-25-18(17-5-2-10-31-17)27-30(20)21(23)26-19/h1-5,10-11H,6-9,12H2,(H2,23,26). The summed E-state index contributed by atoms with van der Waals surface area (Å²) >= 11 is 6.34. The monoisotopic (exact) mass is 434 g/mol. The largest absolute Gasteiger partial charge is 0.461 e. The molecule has 1 aromatic carbocycles. The van der Waals surface area contributed by atoms with Gasteiger partial charge in [-0.3, -0.25) is 4.90 Å². The van der Waals surface area contributed by atoms with Crippen LogP contribution in [-0.2, 0) is 19.5 Å². The van der Waals surface area contributed by atoms with E-state index in [1.54, 1.807) is 18.5 Å². The summed E-state index contributed by atoms with van der Waals surface area (Å²) in [6.07, 6.45) is 4.31. The van der Waals surface area contributed by atoms with Crippen molar-refractivity contribution in [1.29, 1.82) is 0 Å². The molecule has 0 radical (unpaired) electrons. The molecule has 9 nitrogen and oxygen atoms in total. The number of aromatic nitrogens is 6. The zero-order valence-corrected chi connectivity index (χ0v) is 17.3. The van der Waals surface area contributed by atoms with E-state index < -0.39 is 0 Å². The van der Waals surface area contributed by atoms with Crippen molar-refractivity contribution in [2.24, 2.45) is 0 Å². The number of nitrogen functional groups attached to an aromatic ring is 1. The first-order valence-corrected chi connectivity index (χ1v) is 10.5. The summed E-state index contributed by atoms with van der Waals surface area (Å²) in [5.41, 5.74) is 10.0. The van der Waals surface area contributed by atoms with E-state index in [1.807, 2.05) is 22.9 Å². The summed E-state index contributed by atoms with van der Waals surface area (Å²) in [5.74, 6) is 1.30. The number of halogens is 1. The minimum Gasteiger partial charge on any atom is -0.461 e. The van der Waals surface area contributed by atoms with E-state index in [0.29, 0.717) is 29.4 Å². The van der Waals surface area contributed by atoms with Crippen LogP contribution in [0.1, 0.15) is 11.1 Å². The lowest BCUT2D eigenvalue weighted by atomic mass is 10.00. The Balaban J connectivity index is 1.28. The van der Waals surface area contributed by atoms with Gasteiger partial charge in [-0.15, -0.1) is 5.10 Å². The molecule has 0 saturated carbocycles. The molecule has 10 heteroatoms. The Labute approximate surface area is 182 Å². The van der Waals surface area contributed by atoms with E-state index in [2.05, 4.69) is 31.1 Å². The van der Waals surface area contributed by atoms with Crippen LogP contribution >= 0.6 is 11.6 Å². The minimum atomic E-state index is 0.260. The van der Waals surface area contributed by atoms with Crippen molar-refractivity contribution in [3.05, 3.63) is 58.9 Å². The van der Waals surface area contributed by atoms with Crippen molar-refractivity contribution in [3.8, 4) is 11.6 Å². The molecule has 0 atom stereocenters. The first-order valence-electron chi connectivity index (χ1n) is 10.1. The second-order valence-corrected chi connectivity index (χ2v) is 8.03. The second-order valence-electron chi connectivity index (χ2n) is 7.63. The third-order valence-electron chi connectivity index (χ3n) is 5.75. The molecule has 31 heavy (non-hydrogen) atoms. The van der Waals surface area contributed by atoms with Crippen molar-refractivity contribution in [2.75, 3.05) is 18.8 Å². The van der Waals surface area contributed by atoms with Crippen LogP contribution < -0.4 is 5.73 Å². The van der Waals surface area contributed by atoms with Crippen LogP contribution in [0.25, 0.3) is 28.3 Å². The maximum atomic E-state index is 6.34. The summed E-state index contributed by atoms with van der Waals surface area (Å²) in [5, 5.41) is 10.6. The number of furan rings is 1. The maximum absolute atomic E-state index is 6.34. The van der Waals surface area contributed by atoms with Crippen molar-refractivity contribution < 1.29 is 4.42 Å². The molecule has 2 N–H and O–H groups in total. The third kappa shape index (κ3) is 3.05. The van der Waals surface area contributed by atoms with Gasteiger partial charge in [0.1, 0.15) is 0 Å². The van der Waals surface area contributed by atoms with Gasteiger partial charge in [-0.05, 0) is 35.7 Å². The average molecular weight is 435 g/mol. The molecule has 0 spiro atoms. The van der Waals surface area contributed by atoms with Gasteiger partial charge in [0.25, 0.3) is 0 Å². The number of nitrogens with two attached hydrogens (primary N) is 1. The van der Waals surface area contributed by atoms with Gasteiger partial charge in [0.2, 0.25) is 11.8 Å². The van der Waals surface area contributed by atoms with Crippen molar-refractivity contribution >= 4 is 34.2 Å². The number of hydrogen-bond acceptors (Lipinski definition) is 7. The summed E-state index contributed by atoms with van der Waals surface area (Å²) in [7, 11) is 0. The predicted molar refractivity (Wildman–Crippen MR) is 117 cm³/mol. The molecule has 0 bridgehead atoms. The molecule has 0 saturated heterocycles. The second kappa shape index (κ2) is 7.07. The molecule has 0 unspecified atom stereocenters. The molecular formula is C21H19ClN8O. The molecule has 1 aliphatic heterocycles. The maximum Gasteiger partial charge on any atom is 0.225 e. The molecular weight excluding hydrogens is 416 g/mol. The summed E-state index contributed by atoms with van der Waals surface area (Å²) in [4.78, 5) is 11.5. The van der Waals surface area contributed by atoms with Crippen LogP contribution in [0.4, 0.5) is 5.95 Å². The van der Waals surface area contributed by atoms with Gasteiger partial charge in [0.05, 0.1) is 24.4 Å². The van der Waals surface area contributed by atoms with Gasteiger partial charge in [-0.25, -0.2) is 9.67 Å². The smallest absolute Gasteiger partial charge is 0.225 e. The first-order chi connectivity index (χ1) is 15.2. The number of fused-ring (bicyclic) bond motifs is 4. The highest BCUT2D eigenvalue weighted by molar-refractivity contribution is 6.31. The molecule has 0 fully saturated rings. The summed E-state index contributed by atoms with van der Waals surface area (Å²) < 4.78 is 8.81. The highest BCUT2D eigenvalue weighted by Gasteiger charge is 2.20. The van der Waals surface area contributed by atoms with Gasteiger partial charge in [-0.2, -0.15) is 14.6 Å². The number of nitrogens with zero attached hydrogens (tertiary/aromatic N) is 7. The van der Waals surface area contributed by atoms with Crippen LogP contribution in [0.5, 0.6) is 0 Å². The van der Waals surface area contributed by atoms with Gasteiger partial charge in [0, 0.05) is 24.7 Å². The van der Waals surface area contributed by atoms with Crippen molar-refractivity contribution in [3.63, 3.8) is 0 Å². The number of hydrogen-bond donors (Lipinski definition) is 1. The molecule has 6 rings (SSSR count). The Bertz CT molecular complexity index is 1400. The molecule has 4 aromatic heterocycles. The Kier molecular flexibility index (Phi) is 4.18. The molecule has 5 aromatic rings. The van der Waals surface area contributed by atoms with Crippen LogP contribution in [0.3, 0.4) is 0 Å². The zero-order chi connectivity index (χ0) is 20.9. The summed E-state index contributed by atoms with van der Waals surface area (Å²) in [6.45, 7) is 3.39. The lowest BCUT2D eigenvalue weighted by Crippen LogP contribution is -2.33. The van der Waals surface area contributed by atoms with Gasteiger partial charge < -0.3 is 10.2 Å². The normalized spacial score (nSPS) is 14.5. The fourth-order valence-electron chi connectivity index (χ4n) is 4.18. The minimum absolute atomic E-state index is 0.260. The molecule has 156 valence electrons. The van der Waals surface area contributed by atoms with Gasteiger partial charge in [0.15, 0.2) is 17.1 Å². The fraction of sp³-hybridized carbons (Fsp3) is 0.238. The Morgan fingerprint density at radius 1 is 1.10 bits per heavy atom. The highest BCUT2D eigenvalue weighted by Crippen LogP contribution is 2.26. The van der Waals surface area contributed by atoms with E-state index >= 15 is 0 Å². The van der Waals surface area contributed by atoms with Crippen LogP contribution in [-0.4, -0.2) is 47.4 Å². The highest BCUT2D eigenvalue weighted by atomic mass is 35.5. The fourth-order valence-corrected chi connectivity index (χ4v) is 4.47. The first kappa shape index (κ1) is 18.3. The SMILES string of the molecule is Nc1nc2c(cnn2CCN2CCc3c(Cl)cccc3C2)c2nc(-c3ccco3)nn12. The van der Waals surface area contributed by atoms with E-state index in [9.17, 15) is 0 Å². The molecule has 1 aliphatic rings. The van der Waals surface area contributed by atoms with Gasteiger partial charge >= 0.3 is 0 Å². The van der Waals surface area contributed by atoms with Crippen molar-refractivity contribution in [1.82, 2.24) is 34.3 Å². The topological polar surface area (TPSA) is 103 Å². The lowest BCUT2D eigenvalue weighted by molar-refractivity contribution is 0.241. The third-order valence-corrected chi connectivity index (χ3v) is 6.11. The lowest BCUT2D eigenvalue weighted by Gasteiger charge is -2.29. The van der Waals surface area contributed by atoms with Gasteiger partial charge in [-0.1, -0.05) is 23.7 Å². The summed E-state index contributed by atoms with van der Waals surface area (Å²) in [6, 6.07) is 9.73. The number of benzene rings is 1. The quantitative estimate of drug-likeness (QED) is 0.463. The predicted octanol–water partition coefficient (Wildman–Crippen LogP) is 3.03. The number of anilines is 1. The van der Waals surface area contributed by atoms with Crippen LogP contribution in [0, 0.1) is 0 Å². The van der Waals surface area contributed by atoms with E-state index in [1.165, 1.54) is 15.6 Å². The molecule has 0 aliphatic carbocycles. The van der Waals surface area contributed by atoms with Crippen molar-refractivity contribution in [2.45, 2.75) is 19.5 Å². The zero-order valence-electron chi connectivity index (χ0n) is 16.6. The molecule has 5 heterocycles.